The van der Waals surface area contributed by atoms with Crippen LogP contribution in [-0.4, -0.2) is 22.6 Å². The van der Waals surface area contributed by atoms with Crippen LogP contribution < -0.4 is 4.74 Å². The average Bonchev–Trinajstić information content (AvgIpc) is 3.00. The zero-order valence-electron chi connectivity index (χ0n) is 19.0. The first-order chi connectivity index (χ1) is 15.8. The van der Waals surface area contributed by atoms with Crippen LogP contribution >= 0.6 is 0 Å². The minimum Gasteiger partial charge on any atom is -0.487 e. The molecule has 0 unspecified atom stereocenters. The molecule has 0 saturated carbocycles. The second-order valence-corrected chi connectivity index (χ2v) is 8.86. The van der Waals surface area contributed by atoms with E-state index in [-0.39, 0.29) is 0 Å². The van der Waals surface area contributed by atoms with E-state index in [4.69, 9.17) is 4.74 Å². The fourth-order valence-electron chi connectivity index (χ4n) is 4.98. The van der Waals surface area contributed by atoms with E-state index in [9.17, 15) is 0 Å². The summed E-state index contributed by atoms with van der Waals surface area (Å²) in [6.45, 7) is 3.99. The summed E-state index contributed by atoms with van der Waals surface area (Å²) < 4.78 is 8.76. The maximum atomic E-state index is 6.39. The Balaban J connectivity index is 1.42. The SMILES string of the molecule is Cn1c2c(c(CN3CCCCC3)c1COc1cccc(-c3ccccc3)c1)C=CC=CC2. The normalized spacial score (nSPS) is 16.0. The maximum Gasteiger partial charge on any atom is 0.129 e. The number of fused-ring (bicyclic) bond motifs is 1. The second-order valence-electron chi connectivity index (χ2n) is 8.86. The molecule has 2 heterocycles. The van der Waals surface area contributed by atoms with Gasteiger partial charge in [0.25, 0.3) is 0 Å². The molecular formula is C29H32N2O. The third-order valence-electron chi connectivity index (χ3n) is 6.76. The molecule has 0 N–H and O–H groups in total. The molecule has 2 aromatic carbocycles. The molecule has 1 aromatic heterocycles. The van der Waals surface area contributed by atoms with Gasteiger partial charge in [0, 0.05) is 31.3 Å². The number of nitrogens with zero attached hydrogens (tertiary/aromatic N) is 2. The van der Waals surface area contributed by atoms with E-state index in [1.807, 2.05) is 0 Å². The van der Waals surface area contributed by atoms with E-state index >= 15 is 0 Å². The molecule has 0 spiro atoms. The number of rotatable bonds is 6. The van der Waals surface area contributed by atoms with Crippen LogP contribution in [0.25, 0.3) is 17.2 Å². The molecule has 3 aromatic rings. The highest BCUT2D eigenvalue weighted by atomic mass is 16.5. The molecule has 1 aliphatic heterocycles. The lowest BCUT2D eigenvalue weighted by atomic mass is 10.0. The van der Waals surface area contributed by atoms with Crippen molar-refractivity contribution in [1.82, 2.24) is 9.47 Å². The van der Waals surface area contributed by atoms with E-state index in [1.165, 1.54) is 66.0 Å². The Bertz CT molecular complexity index is 1120. The van der Waals surface area contributed by atoms with Gasteiger partial charge in [-0.2, -0.15) is 0 Å². The number of ether oxygens (including phenoxy) is 1. The number of allylic oxidation sites excluding steroid dienone is 3. The second kappa shape index (κ2) is 9.62. The van der Waals surface area contributed by atoms with Crippen LogP contribution in [0.4, 0.5) is 0 Å². The van der Waals surface area contributed by atoms with Crippen molar-refractivity contribution >= 4 is 6.08 Å². The van der Waals surface area contributed by atoms with Crippen molar-refractivity contribution in [2.75, 3.05) is 13.1 Å². The van der Waals surface area contributed by atoms with E-state index in [1.54, 1.807) is 0 Å². The van der Waals surface area contributed by atoms with Gasteiger partial charge in [-0.25, -0.2) is 0 Å². The van der Waals surface area contributed by atoms with Crippen LogP contribution in [0.5, 0.6) is 5.75 Å². The lowest BCUT2D eigenvalue weighted by Crippen LogP contribution is -2.29. The van der Waals surface area contributed by atoms with E-state index in [2.05, 4.69) is 95.4 Å². The molecule has 1 aliphatic carbocycles. The molecule has 0 atom stereocenters. The summed E-state index contributed by atoms with van der Waals surface area (Å²) in [5.74, 6) is 0.919. The van der Waals surface area contributed by atoms with Gasteiger partial charge in [-0.05, 0) is 54.8 Å². The van der Waals surface area contributed by atoms with Crippen molar-refractivity contribution < 1.29 is 4.74 Å². The molecule has 0 bridgehead atoms. The lowest BCUT2D eigenvalue weighted by Gasteiger charge is -2.27. The summed E-state index contributed by atoms with van der Waals surface area (Å²) in [6, 6.07) is 18.9. The van der Waals surface area contributed by atoms with Crippen molar-refractivity contribution in [2.45, 2.75) is 38.8 Å². The van der Waals surface area contributed by atoms with Crippen molar-refractivity contribution in [1.29, 1.82) is 0 Å². The van der Waals surface area contributed by atoms with Crippen LogP contribution in [0.2, 0.25) is 0 Å². The van der Waals surface area contributed by atoms with Gasteiger partial charge in [0.2, 0.25) is 0 Å². The van der Waals surface area contributed by atoms with E-state index < -0.39 is 0 Å². The largest absolute Gasteiger partial charge is 0.487 e. The Hall–Kier alpha value is -3.04. The smallest absolute Gasteiger partial charge is 0.129 e. The summed E-state index contributed by atoms with van der Waals surface area (Å²) in [6.07, 6.45) is 13.8. The van der Waals surface area contributed by atoms with Crippen LogP contribution in [0, 0.1) is 0 Å². The molecule has 3 nitrogen and oxygen atoms in total. The van der Waals surface area contributed by atoms with Gasteiger partial charge >= 0.3 is 0 Å². The standard InChI is InChI=1S/C29H32N2O/c1-30-28-17-8-3-7-16-26(28)27(21-31-18-9-4-10-19-31)29(30)22-32-25-15-11-14-24(20-25)23-12-5-2-6-13-23/h2-3,5-8,11-16,20H,4,9-10,17-19,21-22H2,1H3. The molecule has 164 valence electrons. The van der Waals surface area contributed by atoms with E-state index in [0.717, 1.165) is 18.7 Å². The quantitative estimate of drug-likeness (QED) is 0.457. The first kappa shape index (κ1) is 20.8. The molecule has 3 heteroatoms. The number of hydrogen-bond acceptors (Lipinski definition) is 2. The Kier molecular flexibility index (Phi) is 6.27. The summed E-state index contributed by atoms with van der Waals surface area (Å²) in [4.78, 5) is 2.62. The van der Waals surface area contributed by atoms with Gasteiger partial charge in [-0.1, -0.05) is 73.2 Å². The molecule has 0 amide bonds. The fraction of sp³-hybridized carbons (Fsp3) is 0.310. The molecule has 5 rings (SSSR count). The van der Waals surface area contributed by atoms with Crippen molar-refractivity contribution in [2.24, 2.45) is 7.05 Å². The average molecular weight is 425 g/mol. The van der Waals surface area contributed by atoms with Crippen molar-refractivity contribution in [3.05, 3.63) is 95.3 Å². The summed E-state index contributed by atoms with van der Waals surface area (Å²) >= 11 is 0. The molecular weight excluding hydrogens is 392 g/mol. The van der Waals surface area contributed by atoms with Gasteiger partial charge < -0.3 is 9.30 Å². The topological polar surface area (TPSA) is 17.4 Å². The third kappa shape index (κ3) is 4.44. The van der Waals surface area contributed by atoms with Gasteiger partial charge in [0.05, 0.1) is 5.69 Å². The first-order valence-corrected chi connectivity index (χ1v) is 11.8. The lowest BCUT2D eigenvalue weighted by molar-refractivity contribution is 0.217. The summed E-state index contributed by atoms with van der Waals surface area (Å²) in [5.41, 5.74) is 7.91. The minimum absolute atomic E-state index is 0.586. The number of aromatic nitrogens is 1. The zero-order valence-corrected chi connectivity index (χ0v) is 19.0. The molecule has 32 heavy (non-hydrogen) atoms. The number of piperidine rings is 1. The molecule has 1 fully saturated rings. The zero-order chi connectivity index (χ0) is 21.8. The number of hydrogen-bond donors (Lipinski definition) is 0. The monoisotopic (exact) mass is 424 g/mol. The minimum atomic E-state index is 0.586. The highest BCUT2D eigenvalue weighted by Gasteiger charge is 2.22. The van der Waals surface area contributed by atoms with Crippen LogP contribution in [0.1, 0.15) is 41.8 Å². The highest BCUT2D eigenvalue weighted by molar-refractivity contribution is 5.65. The van der Waals surface area contributed by atoms with Crippen LogP contribution in [0.3, 0.4) is 0 Å². The Morgan fingerprint density at radius 3 is 2.53 bits per heavy atom. The summed E-state index contributed by atoms with van der Waals surface area (Å²) in [5, 5.41) is 0. The predicted octanol–water partition coefficient (Wildman–Crippen LogP) is 6.38. The molecule has 1 saturated heterocycles. The Labute approximate surface area is 191 Å². The van der Waals surface area contributed by atoms with Crippen LogP contribution in [0.15, 0.2) is 72.8 Å². The predicted molar refractivity (Wildman–Crippen MR) is 133 cm³/mol. The van der Waals surface area contributed by atoms with Crippen LogP contribution in [-0.2, 0) is 26.6 Å². The Morgan fingerprint density at radius 2 is 1.69 bits per heavy atom. The van der Waals surface area contributed by atoms with Crippen molar-refractivity contribution in [3.8, 4) is 16.9 Å². The van der Waals surface area contributed by atoms with Gasteiger partial charge in [-0.15, -0.1) is 0 Å². The Morgan fingerprint density at radius 1 is 0.875 bits per heavy atom. The first-order valence-electron chi connectivity index (χ1n) is 11.8. The van der Waals surface area contributed by atoms with Gasteiger partial charge in [0.1, 0.15) is 12.4 Å². The third-order valence-corrected chi connectivity index (χ3v) is 6.76. The van der Waals surface area contributed by atoms with Crippen molar-refractivity contribution in [3.63, 3.8) is 0 Å². The van der Waals surface area contributed by atoms with E-state index in [0.29, 0.717) is 6.61 Å². The highest BCUT2D eigenvalue weighted by Crippen LogP contribution is 2.30. The maximum absolute atomic E-state index is 6.39. The number of likely N-dealkylation sites (tertiary alicyclic amines) is 1. The summed E-state index contributed by atoms with van der Waals surface area (Å²) in [7, 11) is 2.20. The molecule has 2 aliphatic rings. The van der Waals surface area contributed by atoms with Gasteiger partial charge in [-0.3, -0.25) is 4.90 Å². The fourth-order valence-corrected chi connectivity index (χ4v) is 4.98. The molecule has 0 radical (unpaired) electrons. The number of benzene rings is 2. The van der Waals surface area contributed by atoms with Gasteiger partial charge in [0.15, 0.2) is 0 Å².